The van der Waals surface area contributed by atoms with Crippen molar-refractivity contribution in [3.63, 3.8) is 0 Å². The Bertz CT molecular complexity index is 1360. The number of aryl methyl sites for hydroxylation is 2. The molecule has 2 aliphatic rings. The Morgan fingerprint density at radius 1 is 1.16 bits per heavy atom. The summed E-state index contributed by atoms with van der Waals surface area (Å²) in [7, 11) is 1.81. The molecule has 0 spiro atoms. The average molecular weight is 434 g/mol. The van der Waals surface area contributed by atoms with Crippen molar-refractivity contribution in [3.05, 3.63) is 35.7 Å². The van der Waals surface area contributed by atoms with E-state index in [0.717, 1.165) is 18.8 Å². The number of nitrogens with zero attached hydrogens (tertiary/aromatic N) is 5. The molecule has 9 nitrogen and oxygen atoms in total. The van der Waals surface area contributed by atoms with Crippen LogP contribution in [-0.4, -0.2) is 51.1 Å². The Morgan fingerprint density at radius 3 is 2.56 bits per heavy atom. The standard InChI is InChI=1S/C22H23FN8O/c1-9-4-14(25-3)19-15(17(9)23)16-20(28-19)29-22(32-11-5-26-10(2)27-6-11)30-21(16)31-7-12-13(8-31)18(12)24/h4-6,12-13,18,25H,7-8,24H2,1-3H3,(H,28,29,30)/t12-,13?,18?/m0/s1. The van der Waals surface area contributed by atoms with Crippen molar-refractivity contribution in [3.8, 4) is 11.8 Å². The largest absolute Gasteiger partial charge is 0.421 e. The zero-order valence-corrected chi connectivity index (χ0v) is 18.0. The molecule has 3 atom stereocenters. The summed E-state index contributed by atoms with van der Waals surface area (Å²) in [6, 6.07) is 2.17. The van der Waals surface area contributed by atoms with Gasteiger partial charge in [-0.1, -0.05) is 0 Å². The monoisotopic (exact) mass is 434 g/mol. The van der Waals surface area contributed by atoms with Crippen LogP contribution in [0.3, 0.4) is 0 Å². The number of piperidine rings is 1. The normalized spacial score (nSPS) is 21.9. The number of ether oxygens (including phenoxy) is 1. The Hall–Kier alpha value is -3.53. The van der Waals surface area contributed by atoms with Crippen LogP contribution in [0.1, 0.15) is 11.4 Å². The maximum absolute atomic E-state index is 15.4. The highest BCUT2D eigenvalue weighted by atomic mass is 19.1. The number of H-pyrrole nitrogens is 1. The van der Waals surface area contributed by atoms with E-state index in [-0.39, 0.29) is 17.9 Å². The minimum Gasteiger partial charge on any atom is -0.421 e. The molecule has 1 aliphatic carbocycles. The van der Waals surface area contributed by atoms with Crippen LogP contribution in [0.25, 0.3) is 21.9 Å². The van der Waals surface area contributed by atoms with Crippen molar-refractivity contribution in [2.24, 2.45) is 17.6 Å². The van der Waals surface area contributed by atoms with Crippen LogP contribution < -0.4 is 20.7 Å². The molecule has 4 N–H and O–H groups in total. The molecular weight excluding hydrogens is 411 g/mol. The van der Waals surface area contributed by atoms with Gasteiger partial charge in [-0.05, 0) is 37.3 Å². The minimum absolute atomic E-state index is 0.152. The molecule has 3 aromatic heterocycles. The fraction of sp³-hybridized carbons (Fsp3) is 0.364. The molecule has 164 valence electrons. The number of hydrogen-bond donors (Lipinski definition) is 3. The van der Waals surface area contributed by atoms with Gasteiger partial charge >= 0.3 is 6.01 Å². The number of aromatic nitrogens is 5. The number of anilines is 2. The third kappa shape index (κ3) is 2.79. The molecule has 1 saturated carbocycles. The van der Waals surface area contributed by atoms with Gasteiger partial charge in [-0.2, -0.15) is 9.97 Å². The zero-order chi connectivity index (χ0) is 22.1. The van der Waals surface area contributed by atoms with Crippen molar-refractivity contribution in [2.75, 3.05) is 30.4 Å². The summed E-state index contributed by atoms with van der Waals surface area (Å²) in [5.74, 6) is 2.33. The van der Waals surface area contributed by atoms with Gasteiger partial charge in [-0.15, -0.1) is 0 Å². The topological polar surface area (TPSA) is 118 Å². The quantitative estimate of drug-likeness (QED) is 0.449. The highest BCUT2D eigenvalue weighted by Gasteiger charge is 2.54. The Kier molecular flexibility index (Phi) is 4.03. The average Bonchev–Trinajstić information content (AvgIpc) is 3.15. The summed E-state index contributed by atoms with van der Waals surface area (Å²) in [6.07, 6.45) is 3.15. The van der Waals surface area contributed by atoms with E-state index in [0.29, 0.717) is 56.7 Å². The molecule has 0 amide bonds. The first kappa shape index (κ1) is 19.2. The predicted molar refractivity (Wildman–Crippen MR) is 120 cm³/mol. The van der Waals surface area contributed by atoms with Gasteiger partial charge in [0.05, 0.1) is 34.4 Å². The second-order valence-electron chi connectivity index (χ2n) is 8.61. The van der Waals surface area contributed by atoms with Crippen LogP contribution in [0.2, 0.25) is 0 Å². The van der Waals surface area contributed by atoms with Crippen molar-refractivity contribution < 1.29 is 9.13 Å². The van der Waals surface area contributed by atoms with Gasteiger partial charge in [0.1, 0.15) is 23.1 Å². The van der Waals surface area contributed by atoms with E-state index in [1.807, 2.05) is 7.05 Å². The molecule has 4 aromatic rings. The van der Waals surface area contributed by atoms with Crippen LogP contribution in [0.4, 0.5) is 15.9 Å². The molecule has 32 heavy (non-hydrogen) atoms. The fourth-order valence-electron chi connectivity index (χ4n) is 4.78. The van der Waals surface area contributed by atoms with Gasteiger partial charge < -0.3 is 25.7 Å². The summed E-state index contributed by atoms with van der Waals surface area (Å²) in [6.45, 7) is 5.12. The first-order valence-electron chi connectivity index (χ1n) is 10.6. The Morgan fingerprint density at radius 2 is 1.88 bits per heavy atom. The van der Waals surface area contributed by atoms with E-state index < -0.39 is 0 Å². The maximum Gasteiger partial charge on any atom is 0.326 e. The fourth-order valence-corrected chi connectivity index (χ4v) is 4.78. The molecule has 4 heterocycles. The summed E-state index contributed by atoms with van der Waals surface area (Å²) in [5, 5.41) is 4.28. The highest BCUT2D eigenvalue weighted by Crippen LogP contribution is 2.47. The number of benzene rings is 1. The lowest BCUT2D eigenvalue weighted by atomic mass is 10.1. The predicted octanol–water partition coefficient (Wildman–Crippen LogP) is 2.88. The van der Waals surface area contributed by atoms with Crippen LogP contribution in [0.15, 0.2) is 18.5 Å². The molecule has 0 radical (unpaired) electrons. The van der Waals surface area contributed by atoms with Crippen LogP contribution >= 0.6 is 0 Å². The second-order valence-corrected chi connectivity index (χ2v) is 8.61. The number of nitrogens with one attached hydrogen (secondary N) is 2. The molecule has 0 bridgehead atoms. The Labute approximate surface area is 183 Å². The third-order valence-electron chi connectivity index (χ3n) is 6.60. The molecule has 6 rings (SSSR count). The highest BCUT2D eigenvalue weighted by molar-refractivity contribution is 6.15. The van der Waals surface area contributed by atoms with Crippen molar-refractivity contribution in [2.45, 2.75) is 19.9 Å². The lowest BCUT2D eigenvalue weighted by Crippen LogP contribution is -2.29. The molecule has 2 fully saturated rings. The van der Waals surface area contributed by atoms with E-state index in [9.17, 15) is 0 Å². The maximum atomic E-state index is 15.4. The molecule has 10 heteroatoms. The van der Waals surface area contributed by atoms with Gasteiger partial charge in [-0.25, -0.2) is 14.4 Å². The Balaban J connectivity index is 1.56. The first-order chi connectivity index (χ1) is 15.4. The number of halogens is 1. The smallest absolute Gasteiger partial charge is 0.326 e. The lowest BCUT2D eigenvalue weighted by molar-refractivity contribution is 0.439. The zero-order valence-electron chi connectivity index (χ0n) is 18.0. The molecule has 1 aromatic carbocycles. The SMILES string of the molecule is CNc1cc(C)c(F)c2c1[nH]c1nc(Oc3cnc(C)nc3)nc(N3CC4C(N)[C@H]4C3)c12. The molecular formula is C22H23FN8O. The summed E-state index contributed by atoms with van der Waals surface area (Å²) >= 11 is 0. The molecule has 2 unspecified atom stereocenters. The number of aromatic amines is 1. The second kappa shape index (κ2) is 6.73. The van der Waals surface area contributed by atoms with Gasteiger partial charge in [0.2, 0.25) is 0 Å². The van der Waals surface area contributed by atoms with E-state index in [1.165, 1.54) is 0 Å². The van der Waals surface area contributed by atoms with Gasteiger partial charge in [-0.3, -0.25) is 0 Å². The number of nitrogens with two attached hydrogens (primary N) is 1. The van der Waals surface area contributed by atoms with Crippen LogP contribution in [-0.2, 0) is 0 Å². The minimum atomic E-state index is -0.281. The number of hydrogen-bond acceptors (Lipinski definition) is 8. The summed E-state index contributed by atoms with van der Waals surface area (Å²) in [5.41, 5.74) is 8.66. The summed E-state index contributed by atoms with van der Waals surface area (Å²) < 4.78 is 21.3. The van der Waals surface area contributed by atoms with Crippen LogP contribution in [0, 0.1) is 31.5 Å². The lowest BCUT2D eigenvalue weighted by Gasteiger charge is -2.21. The van der Waals surface area contributed by atoms with E-state index in [4.69, 9.17) is 15.5 Å². The number of rotatable bonds is 4. The number of fused-ring (bicyclic) bond motifs is 4. The summed E-state index contributed by atoms with van der Waals surface area (Å²) in [4.78, 5) is 23.0. The van der Waals surface area contributed by atoms with Gasteiger partial charge in [0.25, 0.3) is 0 Å². The van der Waals surface area contributed by atoms with Crippen LogP contribution in [0.5, 0.6) is 11.8 Å². The first-order valence-corrected chi connectivity index (χ1v) is 10.6. The van der Waals surface area contributed by atoms with E-state index in [2.05, 4.69) is 30.2 Å². The van der Waals surface area contributed by atoms with Crippen molar-refractivity contribution >= 4 is 33.4 Å². The molecule has 1 aliphatic heterocycles. The van der Waals surface area contributed by atoms with E-state index in [1.54, 1.807) is 32.3 Å². The third-order valence-corrected chi connectivity index (χ3v) is 6.60. The van der Waals surface area contributed by atoms with Crippen molar-refractivity contribution in [1.29, 1.82) is 0 Å². The van der Waals surface area contributed by atoms with Gasteiger partial charge in [0, 0.05) is 26.2 Å². The van der Waals surface area contributed by atoms with Gasteiger partial charge in [0.15, 0.2) is 5.75 Å². The van der Waals surface area contributed by atoms with Crippen molar-refractivity contribution in [1.82, 2.24) is 24.9 Å². The molecule has 1 saturated heterocycles. The van der Waals surface area contributed by atoms with E-state index >= 15 is 4.39 Å².